The summed E-state index contributed by atoms with van der Waals surface area (Å²) in [5.41, 5.74) is 1.73. The molecule has 0 amide bonds. The fourth-order valence-electron chi connectivity index (χ4n) is 1.09. The lowest BCUT2D eigenvalue weighted by Gasteiger charge is -2.19. The molecule has 0 unspecified atom stereocenters. The van der Waals surface area contributed by atoms with Gasteiger partial charge in [0.1, 0.15) is 0 Å². The van der Waals surface area contributed by atoms with Crippen molar-refractivity contribution in [2.75, 3.05) is 0 Å². The average Bonchev–Trinajstić information content (AvgIpc) is 2.03. The quantitative estimate of drug-likeness (QED) is 0.583. The summed E-state index contributed by atoms with van der Waals surface area (Å²) in [6, 6.07) is 3.91. The molecule has 1 heterocycles. The van der Waals surface area contributed by atoms with Gasteiger partial charge in [0.25, 0.3) is 0 Å². The minimum absolute atomic E-state index is 0.000671. The molecule has 1 aromatic rings. The number of pyridine rings is 1. The van der Waals surface area contributed by atoms with E-state index in [1.165, 1.54) is 0 Å². The molecule has 2 nitrogen and oxygen atoms in total. The largest absolute Gasteiger partial charge is 0.264 e. The van der Waals surface area contributed by atoms with Crippen LogP contribution in [0.5, 0.6) is 0 Å². The molecule has 0 fully saturated rings. The topological polar surface area (TPSA) is 36.7 Å². The first-order valence-corrected chi connectivity index (χ1v) is 3.90. The van der Waals surface area contributed by atoms with Crippen molar-refractivity contribution in [1.29, 1.82) is 5.26 Å². The highest BCUT2D eigenvalue weighted by Gasteiger charge is 2.17. The van der Waals surface area contributed by atoms with Gasteiger partial charge in [-0.15, -0.1) is 0 Å². The maximum atomic E-state index is 8.80. The standard InChI is InChI=1S/C10H12N2/c1-10(2,3)9-7-12-5-4-8(9)6-11/h4-5,7H,1-3H3. The van der Waals surface area contributed by atoms with Gasteiger partial charge in [-0.05, 0) is 17.0 Å². The lowest BCUT2D eigenvalue weighted by Crippen LogP contribution is -2.13. The number of aromatic nitrogens is 1. The van der Waals surface area contributed by atoms with E-state index in [-0.39, 0.29) is 5.41 Å². The van der Waals surface area contributed by atoms with Gasteiger partial charge in [-0.25, -0.2) is 0 Å². The van der Waals surface area contributed by atoms with Gasteiger partial charge >= 0.3 is 0 Å². The van der Waals surface area contributed by atoms with E-state index in [9.17, 15) is 0 Å². The molecule has 1 aromatic heterocycles. The Bertz CT molecular complexity index is 315. The van der Waals surface area contributed by atoms with E-state index in [0.29, 0.717) is 0 Å². The van der Waals surface area contributed by atoms with E-state index in [4.69, 9.17) is 5.26 Å². The summed E-state index contributed by atoms with van der Waals surface area (Å²) in [5.74, 6) is 0. The van der Waals surface area contributed by atoms with Crippen molar-refractivity contribution < 1.29 is 0 Å². The number of rotatable bonds is 0. The zero-order valence-electron chi connectivity index (χ0n) is 7.63. The highest BCUT2D eigenvalue weighted by molar-refractivity contribution is 5.38. The second-order valence-electron chi connectivity index (χ2n) is 3.78. The summed E-state index contributed by atoms with van der Waals surface area (Å²) in [7, 11) is 0. The van der Waals surface area contributed by atoms with Crippen molar-refractivity contribution >= 4 is 0 Å². The van der Waals surface area contributed by atoms with Crippen LogP contribution in [0.15, 0.2) is 18.5 Å². The van der Waals surface area contributed by atoms with Crippen LogP contribution in [-0.2, 0) is 5.41 Å². The van der Waals surface area contributed by atoms with Gasteiger partial charge in [-0.2, -0.15) is 5.26 Å². The summed E-state index contributed by atoms with van der Waals surface area (Å²) in [4.78, 5) is 4.01. The Hall–Kier alpha value is -1.36. The van der Waals surface area contributed by atoms with Crippen molar-refractivity contribution in [3.63, 3.8) is 0 Å². The Kier molecular flexibility index (Phi) is 2.14. The highest BCUT2D eigenvalue weighted by atomic mass is 14.6. The monoisotopic (exact) mass is 160 g/mol. The van der Waals surface area contributed by atoms with Crippen LogP contribution in [0.25, 0.3) is 0 Å². The molecule has 0 spiro atoms. The van der Waals surface area contributed by atoms with Gasteiger partial charge in [0, 0.05) is 12.4 Å². The van der Waals surface area contributed by atoms with Crippen LogP contribution >= 0.6 is 0 Å². The molecular formula is C10H12N2. The molecule has 0 N–H and O–H groups in total. The van der Waals surface area contributed by atoms with Gasteiger partial charge in [0.15, 0.2) is 0 Å². The predicted octanol–water partition coefficient (Wildman–Crippen LogP) is 2.25. The van der Waals surface area contributed by atoms with Crippen LogP contribution < -0.4 is 0 Å². The molecule has 2 heteroatoms. The minimum Gasteiger partial charge on any atom is -0.264 e. The lowest BCUT2D eigenvalue weighted by atomic mass is 9.85. The molecule has 0 atom stereocenters. The normalized spacial score (nSPS) is 10.8. The number of nitriles is 1. The molecule has 0 aromatic carbocycles. The van der Waals surface area contributed by atoms with Crippen molar-refractivity contribution in [2.24, 2.45) is 0 Å². The molecule has 12 heavy (non-hydrogen) atoms. The Balaban J connectivity index is 3.26. The zero-order valence-corrected chi connectivity index (χ0v) is 7.63. The molecule has 0 radical (unpaired) electrons. The Morgan fingerprint density at radius 2 is 2.08 bits per heavy atom. The van der Waals surface area contributed by atoms with Crippen molar-refractivity contribution in [3.8, 4) is 6.07 Å². The van der Waals surface area contributed by atoms with E-state index in [1.807, 2.05) is 0 Å². The van der Waals surface area contributed by atoms with E-state index in [2.05, 4.69) is 31.8 Å². The van der Waals surface area contributed by atoms with Crippen LogP contribution in [0.1, 0.15) is 31.9 Å². The first-order chi connectivity index (χ1) is 5.55. The number of hydrogen-bond donors (Lipinski definition) is 0. The van der Waals surface area contributed by atoms with Crippen molar-refractivity contribution in [3.05, 3.63) is 29.6 Å². The van der Waals surface area contributed by atoms with Gasteiger partial charge < -0.3 is 0 Å². The number of nitrogens with zero attached hydrogens (tertiary/aromatic N) is 2. The fourth-order valence-corrected chi connectivity index (χ4v) is 1.09. The van der Waals surface area contributed by atoms with E-state index < -0.39 is 0 Å². The SMILES string of the molecule is CC(C)(C)c1cnccc1C#N. The van der Waals surface area contributed by atoms with Crippen molar-refractivity contribution in [1.82, 2.24) is 4.98 Å². The third kappa shape index (κ3) is 1.62. The van der Waals surface area contributed by atoms with E-state index >= 15 is 0 Å². The Morgan fingerprint density at radius 3 is 2.50 bits per heavy atom. The lowest BCUT2D eigenvalue weighted by molar-refractivity contribution is 0.585. The molecule has 62 valence electrons. The summed E-state index contributed by atoms with van der Waals surface area (Å²) < 4.78 is 0. The van der Waals surface area contributed by atoms with Crippen LogP contribution in [-0.4, -0.2) is 4.98 Å². The molecule has 0 saturated heterocycles. The molecule has 0 aliphatic rings. The maximum absolute atomic E-state index is 8.80. The molecule has 0 saturated carbocycles. The second kappa shape index (κ2) is 2.94. The number of hydrogen-bond acceptors (Lipinski definition) is 2. The molecule has 0 bridgehead atoms. The smallest absolute Gasteiger partial charge is 0.0995 e. The van der Waals surface area contributed by atoms with Crippen LogP contribution in [0.3, 0.4) is 0 Å². The first-order valence-electron chi connectivity index (χ1n) is 3.90. The molecule has 1 rings (SSSR count). The fraction of sp³-hybridized carbons (Fsp3) is 0.400. The van der Waals surface area contributed by atoms with Crippen molar-refractivity contribution in [2.45, 2.75) is 26.2 Å². The van der Waals surface area contributed by atoms with Gasteiger partial charge in [-0.3, -0.25) is 4.98 Å². The third-order valence-electron chi connectivity index (χ3n) is 1.75. The maximum Gasteiger partial charge on any atom is 0.0995 e. The molecule has 0 aliphatic heterocycles. The Labute approximate surface area is 72.9 Å². The van der Waals surface area contributed by atoms with Gasteiger partial charge in [0.2, 0.25) is 0 Å². The van der Waals surface area contributed by atoms with Crippen LogP contribution in [0.4, 0.5) is 0 Å². The minimum atomic E-state index is -0.000671. The van der Waals surface area contributed by atoms with Gasteiger partial charge in [0.05, 0.1) is 11.6 Å². The van der Waals surface area contributed by atoms with Crippen LogP contribution in [0.2, 0.25) is 0 Å². The highest BCUT2D eigenvalue weighted by Crippen LogP contribution is 2.23. The summed E-state index contributed by atoms with van der Waals surface area (Å²) in [6.45, 7) is 6.22. The predicted molar refractivity (Wildman–Crippen MR) is 47.7 cm³/mol. The van der Waals surface area contributed by atoms with Crippen LogP contribution in [0, 0.1) is 11.3 Å². The third-order valence-corrected chi connectivity index (χ3v) is 1.75. The summed E-state index contributed by atoms with van der Waals surface area (Å²) >= 11 is 0. The zero-order chi connectivity index (χ0) is 9.19. The average molecular weight is 160 g/mol. The van der Waals surface area contributed by atoms with E-state index in [0.717, 1.165) is 11.1 Å². The van der Waals surface area contributed by atoms with Gasteiger partial charge in [-0.1, -0.05) is 20.8 Å². The van der Waals surface area contributed by atoms with E-state index in [1.54, 1.807) is 18.5 Å². The summed E-state index contributed by atoms with van der Waals surface area (Å²) in [6.07, 6.45) is 3.41. The summed E-state index contributed by atoms with van der Waals surface area (Å²) in [5, 5.41) is 8.80. The Morgan fingerprint density at radius 1 is 1.42 bits per heavy atom. The molecule has 0 aliphatic carbocycles. The first kappa shape index (κ1) is 8.73. The second-order valence-corrected chi connectivity index (χ2v) is 3.78. The molecular weight excluding hydrogens is 148 g/mol.